The van der Waals surface area contributed by atoms with Crippen LogP contribution in [0.2, 0.25) is 0 Å². The summed E-state index contributed by atoms with van der Waals surface area (Å²) in [7, 11) is -3.52. The Balaban J connectivity index is 2.06. The molecule has 0 aliphatic heterocycles. The largest absolute Gasteiger partial charge is 0.374 e. The minimum absolute atomic E-state index is 0.0655. The Hall–Kier alpha value is -0.730. The molecule has 1 aromatic rings. The van der Waals surface area contributed by atoms with Crippen LogP contribution in [0.5, 0.6) is 0 Å². The Morgan fingerprint density at radius 2 is 2.20 bits per heavy atom. The molecule has 0 amide bonds. The van der Waals surface area contributed by atoms with Crippen molar-refractivity contribution in [3.05, 3.63) is 0 Å². The molecule has 1 heterocycles. The molecule has 0 aromatic carbocycles. The van der Waals surface area contributed by atoms with Crippen LogP contribution in [0.25, 0.3) is 0 Å². The quantitative estimate of drug-likeness (QED) is 0.793. The first-order valence-corrected chi connectivity index (χ1v) is 6.80. The van der Waals surface area contributed by atoms with Crippen LogP contribution in [0.15, 0.2) is 4.34 Å². The lowest BCUT2D eigenvalue weighted by molar-refractivity contribution is 0.529. The van der Waals surface area contributed by atoms with Crippen molar-refractivity contribution in [2.24, 2.45) is 5.41 Å². The maximum absolute atomic E-state index is 11.7. The van der Waals surface area contributed by atoms with Crippen LogP contribution in [0, 0.1) is 5.41 Å². The summed E-state index contributed by atoms with van der Waals surface area (Å²) in [5, 5.41) is 7.13. The molecule has 0 saturated heterocycles. The molecular weight excluding hydrogens is 236 g/mol. The summed E-state index contributed by atoms with van der Waals surface area (Å²) in [6.45, 7) is 2.50. The first kappa shape index (κ1) is 10.8. The molecule has 8 heteroatoms. The van der Waals surface area contributed by atoms with Gasteiger partial charge in [0.2, 0.25) is 9.47 Å². The predicted octanol–water partition coefficient (Wildman–Crippen LogP) is 0.199. The van der Waals surface area contributed by atoms with Gasteiger partial charge >= 0.3 is 0 Å². The summed E-state index contributed by atoms with van der Waals surface area (Å²) in [5.41, 5.74) is 5.45. The number of nitrogens with zero attached hydrogens (tertiary/aromatic N) is 2. The molecule has 0 atom stereocenters. The first-order valence-electron chi connectivity index (χ1n) is 4.50. The number of nitrogens with one attached hydrogen (secondary N) is 1. The van der Waals surface area contributed by atoms with Gasteiger partial charge in [-0.2, -0.15) is 0 Å². The fourth-order valence-corrected chi connectivity index (χ4v) is 3.07. The van der Waals surface area contributed by atoms with E-state index in [0.29, 0.717) is 6.54 Å². The minimum atomic E-state index is -3.52. The maximum Gasteiger partial charge on any atom is 0.269 e. The molecule has 0 unspecified atom stereocenters. The third kappa shape index (κ3) is 2.44. The Kier molecular flexibility index (Phi) is 2.44. The van der Waals surface area contributed by atoms with Crippen molar-refractivity contribution >= 4 is 26.5 Å². The van der Waals surface area contributed by atoms with Gasteiger partial charge in [-0.15, -0.1) is 10.2 Å². The highest BCUT2D eigenvalue weighted by atomic mass is 32.2. The lowest BCUT2D eigenvalue weighted by atomic mass is 10.2. The van der Waals surface area contributed by atoms with Crippen molar-refractivity contribution in [1.82, 2.24) is 14.9 Å². The summed E-state index contributed by atoms with van der Waals surface area (Å²) in [6.07, 6.45) is 2.13. The summed E-state index contributed by atoms with van der Waals surface area (Å²) in [6, 6.07) is 0. The van der Waals surface area contributed by atoms with Crippen LogP contribution in [-0.4, -0.2) is 25.2 Å². The van der Waals surface area contributed by atoms with E-state index in [1.807, 2.05) is 6.92 Å². The van der Waals surface area contributed by atoms with Gasteiger partial charge in [-0.3, -0.25) is 0 Å². The second-order valence-electron chi connectivity index (χ2n) is 4.04. The Morgan fingerprint density at radius 1 is 1.53 bits per heavy atom. The zero-order valence-electron chi connectivity index (χ0n) is 8.23. The SMILES string of the molecule is CC1(CNS(=O)(=O)c2nnc(N)s2)CC1. The average Bonchev–Trinajstić information content (AvgIpc) is 2.72. The van der Waals surface area contributed by atoms with Crippen molar-refractivity contribution in [2.75, 3.05) is 12.3 Å². The van der Waals surface area contributed by atoms with Crippen molar-refractivity contribution in [1.29, 1.82) is 0 Å². The van der Waals surface area contributed by atoms with Crippen LogP contribution >= 0.6 is 11.3 Å². The summed E-state index contributed by atoms with van der Waals surface area (Å²) in [5.74, 6) is 0. The van der Waals surface area contributed by atoms with Crippen molar-refractivity contribution in [2.45, 2.75) is 24.1 Å². The molecule has 1 fully saturated rings. The van der Waals surface area contributed by atoms with Crippen LogP contribution in [-0.2, 0) is 10.0 Å². The van der Waals surface area contributed by atoms with Gasteiger partial charge in [0.1, 0.15) is 0 Å². The van der Waals surface area contributed by atoms with Gasteiger partial charge in [0.25, 0.3) is 10.0 Å². The molecule has 0 spiro atoms. The minimum Gasteiger partial charge on any atom is -0.374 e. The molecular formula is C7H12N4O2S2. The van der Waals surface area contributed by atoms with Gasteiger partial charge in [0, 0.05) is 6.54 Å². The number of nitrogen functional groups attached to an aromatic ring is 1. The molecule has 1 aliphatic carbocycles. The van der Waals surface area contributed by atoms with E-state index < -0.39 is 10.0 Å². The monoisotopic (exact) mass is 248 g/mol. The Labute approximate surface area is 91.9 Å². The lowest BCUT2D eigenvalue weighted by Crippen LogP contribution is -2.29. The maximum atomic E-state index is 11.7. The Morgan fingerprint density at radius 3 is 2.67 bits per heavy atom. The van der Waals surface area contributed by atoms with Crippen LogP contribution < -0.4 is 10.5 Å². The van der Waals surface area contributed by atoms with Crippen molar-refractivity contribution in [3.63, 3.8) is 0 Å². The molecule has 2 rings (SSSR count). The molecule has 3 N–H and O–H groups in total. The molecule has 15 heavy (non-hydrogen) atoms. The topological polar surface area (TPSA) is 98.0 Å². The van der Waals surface area contributed by atoms with E-state index in [-0.39, 0.29) is 14.9 Å². The van der Waals surface area contributed by atoms with E-state index in [1.165, 1.54) is 0 Å². The van der Waals surface area contributed by atoms with E-state index in [4.69, 9.17) is 5.73 Å². The highest BCUT2D eigenvalue weighted by Crippen LogP contribution is 2.44. The van der Waals surface area contributed by atoms with Crippen LogP contribution in [0.4, 0.5) is 5.13 Å². The molecule has 1 saturated carbocycles. The molecule has 0 bridgehead atoms. The number of hydrogen-bond donors (Lipinski definition) is 2. The van der Waals surface area contributed by atoms with Crippen molar-refractivity contribution < 1.29 is 8.42 Å². The van der Waals surface area contributed by atoms with E-state index in [2.05, 4.69) is 14.9 Å². The number of rotatable bonds is 4. The van der Waals surface area contributed by atoms with Gasteiger partial charge in [-0.25, -0.2) is 13.1 Å². The first-order chi connectivity index (χ1) is 6.91. The summed E-state index contributed by atoms with van der Waals surface area (Å²) in [4.78, 5) is 0. The zero-order valence-corrected chi connectivity index (χ0v) is 9.86. The highest BCUT2D eigenvalue weighted by Gasteiger charge is 2.38. The molecule has 6 nitrogen and oxygen atoms in total. The third-order valence-corrected chi connectivity index (χ3v) is 4.97. The summed E-state index contributed by atoms with van der Waals surface area (Å²) >= 11 is 0.871. The number of nitrogens with two attached hydrogens (primary N) is 1. The smallest absolute Gasteiger partial charge is 0.269 e. The van der Waals surface area contributed by atoms with Gasteiger partial charge in [-0.1, -0.05) is 18.3 Å². The third-order valence-electron chi connectivity index (χ3n) is 2.44. The predicted molar refractivity (Wildman–Crippen MR) is 56.9 cm³/mol. The van der Waals surface area contributed by atoms with E-state index in [9.17, 15) is 8.42 Å². The molecule has 0 radical (unpaired) electrons. The lowest BCUT2D eigenvalue weighted by Gasteiger charge is -2.08. The van der Waals surface area contributed by atoms with Gasteiger partial charge < -0.3 is 5.73 Å². The highest BCUT2D eigenvalue weighted by molar-refractivity contribution is 7.91. The number of anilines is 1. The zero-order chi connectivity index (χ0) is 11.1. The average molecular weight is 248 g/mol. The van der Waals surface area contributed by atoms with E-state index >= 15 is 0 Å². The fraction of sp³-hybridized carbons (Fsp3) is 0.714. The molecule has 1 aromatic heterocycles. The van der Waals surface area contributed by atoms with Crippen LogP contribution in [0.1, 0.15) is 19.8 Å². The van der Waals surface area contributed by atoms with Crippen LogP contribution in [0.3, 0.4) is 0 Å². The van der Waals surface area contributed by atoms with Gasteiger partial charge in [0.15, 0.2) is 0 Å². The fourth-order valence-electron chi connectivity index (χ4n) is 1.05. The van der Waals surface area contributed by atoms with Gasteiger partial charge in [0.05, 0.1) is 0 Å². The molecule has 84 valence electrons. The Bertz CT molecular complexity index is 463. The van der Waals surface area contributed by atoms with Gasteiger partial charge in [-0.05, 0) is 18.3 Å². The normalized spacial score (nSPS) is 19.0. The van der Waals surface area contributed by atoms with E-state index in [1.54, 1.807) is 0 Å². The van der Waals surface area contributed by atoms with E-state index in [0.717, 1.165) is 24.2 Å². The number of sulfonamides is 1. The molecule has 1 aliphatic rings. The second kappa shape index (κ2) is 3.39. The van der Waals surface area contributed by atoms with Crippen molar-refractivity contribution in [3.8, 4) is 0 Å². The second-order valence-corrected chi connectivity index (χ2v) is 6.99. The number of aromatic nitrogens is 2. The number of hydrogen-bond acceptors (Lipinski definition) is 6. The standard InChI is InChI=1S/C7H12N4O2S2/c1-7(2-3-7)4-9-15(12,13)6-11-10-5(8)14-6/h9H,2-4H2,1H3,(H2,8,10). The summed E-state index contributed by atoms with van der Waals surface area (Å²) < 4.78 is 25.8.